The molecule has 2 aromatic carbocycles. The fraction of sp³-hybridized carbons (Fsp3) is 0.222. The molecule has 0 unspecified atom stereocenters. The third kappa shape index (κ3) is 5.86. The van der Waals surface area contributed by atoms with Crippen LogP contribution >= 0.6 is 11.8 Å². The summed E-state index contributed by atoms with van der Waals surface area (Å²) in [6, 6.07) is 16.3. The van der Waals surface area contributed by atoms with Crippen molar-refractivity contribution in [3.05, 3.63) is 54.1 Å². The number of hydrogen-bond donors (Lipinski definition) is 1. The summed E-state index contributed by atoms with van der Waals surface area (Å²) in [5.41, 5.74) is 1.16. The minimum Gasteiger partial charge on any atom is -0.497 e. The number of carbonyl (C=O) groups is 1. The van der Waals surface area contributed by atoms with E-state index in [0.717, 1.165) is 11.5 Å². The van der Waals surface area contributed by atoms with Gasteiger partial charge in [-0.15, -0.1) is 11.8 Å². The van der Waals surface area contributed by atoms with Gasteiger partial charge in [-0.1, -0.05) is 6.07 Å². The van der Waals surface area contributed by atoms with E-state index in [1.807, 2.05) is 30.3 Å². The normalized spacial score (nSPS) is 9.83. The van der Waals surface area contributed by atoms with Crippen molar-refractivity contribution in [2.45, 2.75) is 0 Å². The zero-order valence-corrected chi connectivity index (χ0v) is 14.1. The molecule has 0 spiro atoms. The largest absolute Gasteiger partial charge is 0.497 e. The first-order valence-corrected chi connectivity index (χ1v) is 8.51. The van der Waals surface area contributed by atoms with E-state index in [2.05, 4.69) is 5.32 Å². The van der Waals surface area contributed by atoms with Crippen LogP contribution in [-0.4, -0.2) is 31.1 Å². The maximum absolute atomic E-state index is 11.8. The van der Waals surface area contributed by atoms with Gasteiger partial charge in [0.25, 0.3) is 0 Å². The molecule has 124 valence electrons. The van der Waals surface area contributed by atoms with Crippen LogP contribution in [-0.2, 0) is 4.79 Å². The molecule has 0 radical (unpaired) electrons. The molecular formula is C18H18N2O3S. The minimum atomic E-state index is -0.0977. The van der Waals surface area contributed by atoms with Gasteiger partial charge in [-0.2, -0.15) is 5.26 Å². The number of nitrogens with one attached hydrogen (secondary N) is 1. The number of methoxy groups -OCH3 is 1. The molecule has 0 fully saturated rings. The number of thioether (sulfide) groups is 1. The number of benzene rings is 2. The molecule has 0 aliphatic heterocycles. The number of carbonyl (C=O) groups excluding carboxylic acids is 1. The summed E-state index contributed by atoms with van der Waals surface area (Å²) in [6.07, 6.45) is 0. The standard InChI is InChI=1S/C18H18N2O3S/c1-22-16-5-7-17(8-6-16)23-9-10-24-13-18(21)20-15-4-2-3-14(11-15)12-19/h2-8,11H,9-10,13H2,1H3,(H,20,21). The third-order valence-electron chi connectivity index (χ3n) is 3.06. The van der Waals surface area contributed by atoms with Gasteiger partial charge in [-0.05, 0) is 42.5 Å². The molecule has 6 heteroatoms. The fourth-order valence-corrected chi connectivity index (χ4v) is 2.52. The molecule has 5 nitrogen and oxygen atoms in total. The Morgan fingerprint density at radius 3 is 2.67 bits per heavy atom. The van der Waals surface area contributed by atoms with E-state index in [0.29, 0.717) is 29.4 Å². The highest BCUT2D eigenvalue weighted by Crippen LogP contribution is 2.17. The maximum atomic E-state index is 11.8. The van der Waals surface area contributed by atoms with Crippen LogP contribution in [0.15, 0.2) is 48.5 Å². The molecule has 24 heavy (non-hydrogen) atoms. The first kappa shape index (κ1) is 17.7. The van der Waals surface area contributed by atoms with Crippen molar-refractivity contribution in [3.8, 4) is 17.6 Å². The first-order valence-electron chi connectivity index (χ1n) is 7.36. The van der Waals surface area contributed by atoms with Gasteiger partial charge >= 0.3 is 0 Å². The van der Waals surface area contributed by atoms with E-state index in [1.165, 1.54) is 11.8 Å². The van der Waals surface area contributed by atoms with Gasteiger partial charge in [0.05, 0.1) is 31.1 Å². The smallest absolute Gasteiger partial charge is 0.234 e. The average Bonchev–Trinajstić information content (AvgIpc) is 2.62. The van der Waals surface area contributed by atoms with Crippen LogP contribution in [0.2, 0.25) is 0 Å². The molecule has 0 aliphatic carbocycles. The summed E-state index contributed by atoms with van der Waals surface area (Å²) in [6.45, 7) is 0.522. The first-order chi connectivity index (χ1) is 11.7. The van der Waals surface area contributed by atoms with Gasteiger partial charge in [0.15, 0.2) is 0 Å². The second kappa shape index (κ2) is 9.48. The molecule has 2 aromatic rings. The van der Waals surface area contributed by atoms with E-state index in [9.17, 15) is 4.79 Å². The number of rotatable bonds is 8. The van der Waals surface area contributed by atoms with Crippen molar-refractivity contribution in [2.75, 3.05) is 30.5 Å². The van der Waals surface area contributed by atoms with Crippen molar-refractivity contribution >= 4 is 23.4 Å². The predicted molar refractivity (Wildman–Crippen MR) is 95.6 cm³/mol. The molecule has 1 amide bonds. The highest BCUT2D eigenvalue weighted by molar-refractivity contribution is 7.99. The van der Waals surface area contributed by atoms with Crippen LogP contribution in [0.25, 0.3) is 0 Å². The number of ether oxygens (including phenoxy) is 2. The molecule has 0 bridgehead atoms. The SMILES string of the molecule is COc1ccc(OCCSCC(=O)Nc2cccc(C#N)c2)cc1. The van der Waals surface area contributed by atoms with Gasteiger partial charge in [-0.3, -0.25) is 4.79 Å². The lowest BCUT2D eigenvalue weighted by Gasteiger charge is -2.07. The van der Waals surface area contributed by atoms with E-state index in [4.69, 9.17) is 14.7 Å². The van der Waals surface area contributed by atoms with Gasteiger partial charge in [0, 0.05) is 11.4 Å². The summed E-state index contributed by atoms with van der Waals surface area (Å²) in [5, 5.41) is 11.6. The second-order valence-electron chi connectivity index (χ2n) is 4.82. The lowest BCUT2D eigenvalue weighted by molar-refractivity contribution is -0.113. The molecule has 1 N–H and O–H groups in total. The fourth-order valence-electron chi connectivity index (χ4n) is 1.92. The van der Waals surface area contributed by atoms with Crippen molar-refractivity contribution in [3.63, 3.8) is 0 Å². The Hall–Kier alpha value is -2.65. The van der Waals surface area contributed by atoms with Gasteiger partial charge in [-0.25, -0.2) is 0 Å². The number of amides is 1. The average molecular weight is 342 g/mol. The molecule has 0 saturated carbocycles. The van der Waals surface area contributed by atoms with Crippen LogP contribution in [0.3, 0.4) is 0 Å². The Balaban J connectivity index is 1.64. The summed E-state index contributed by atoms with van der Waals surface area (Å²) in [4.78, 5) is 11.8. The van der Waals surface area contributed by atoms with E-state index < -0.39 is 0 Å². The summed E-state index contributed by atoms with van der Waals surface area (Å²) in [5.74, 6) is 2.50. The van der Waals surface area contributed by atoms with Crippen LogP contribution in [0, 0.1) is 11.3 Å². The van der Waals surface area contributed by atoms with Gasteiger partial charge in [0.2, 0.25) is 5.91 Å². The molecule has 0 aliphatic rings. The molecule has 0 aromatic heterocycles. The van der Waals surface area contributed by atoms with Crippen molar-refractivity contribution in [1.82, 2.24) is 0 Å². The molecule has 0 saturated heterocycles. The molecule has 0 heterocycles. The Morgan fingerprint density at radius 2 is 1.96 bits per heavy atom. The van der Waals surface area contributed by atoms with E-state index in [-0.39, 0.29) is 5.91 Å². The highest BCUT2D eigenvalue weighted by Gasteiger charge is 2.03. The lowest BCUT2D eigenvalue weighted by Crippen LogP contribution is -2.15. The van der Waals surface area contributed by atoms with Gasteiger partial charge in [0.1, 0.15) is 11.5 Å². The van der Waals surface area contributed by atoms with E-state index >= 15 is 0 Å². The summed E-state index contributed by atoms with van der Waals surface area (Å²) >= 11 is 1.49. The number of nitriles is 1. The summed E-state index contributed by atoms with van der Waals surface area (Å²) in [7, 11) is 1.62. The number of anilines is 1. The Kier molecular flexibility index (Phi) is 6.99. The van der Waals surface area contributed by atoms with Gasteiger partial charge < -0.3 is 14.8 Å². The topological polar surface area (TPSA) is 71.3 Å². The predicted octanol–water partition coefficient (Wildman–Crippen LogP) is 3.32. The highest BCUT2D eigenvalue weighted by atomic mass is 32.2. The number of nitrogens with zero attached hydrogens (tertiary/aromatic N) is 1. The van der Waals surface area contributed by atoms with Crippen molar-refractivity contribution in [2.24, 2.45) is 0 Å². The van der Waals surface area contributed by atoms with Crippen LogP contribution < -0.4 is 14.8 Å². The lowest BCUT2D eigenvalue weighted by atomic mass is 10.2. The zero-order valence-electron chi connectivity index (χ0n) is 13.3. The molecule has 0 atom stereocenters. The monoisotopic (exact) mass is 342 g/mol. The summed E-state index contributed by atoms with van der Waals surface area (Å²) < 4.78 is 10.7. The molecule has 2 rings (SSSR count). The Morgan fingerprint density at radius 1 is 1.21 bits per heavy atom. The van der Waals surface area contributed by atoms with Crippen LogP contribution in [0.1, 0.15) is 5.56 Å². The maximum Gasteiger partial charge on any atom is 0.234 e. The zero-order chi connectivity index (χ0) is 17.2. The Labute approximate surface area is 145 Å². The Bertz CT molecular complexity index is 711. The number of hydrogen-bond acceptors (Lipinski definition) is 5. The van der Waals surface area contributed by atoms with Crippen LogP contribution in [0.5, 0.6) is 11.5 Å². The quantitative estimate of drug-likeness (QED) is 0.745. The third-order valence-corrected chi connectivity index (χ3v) is 3.99. The van der Waals surface area contributed by atoms with E-state index in [1.54, 1.807) is 31.4 Å². The van der Waals surface area contributed by atoms with Crippen LogP contribution in [0.4, 0.5) is 5.69 Å². The van der Waals surface area contributed by atoms with Crippen molar-refractivity contribution < 1.29 is 14.3 Å². The van der Waals surface area contributed by atoms with Crippen molar-refractivity contribution in [1.29, 1.82) is 5.26 Å². The molecular weight excluding hydrogens is 324 g/mol. The second-order valence-corrected chi connectivity index (χ2v) is 5.92. The minimum absolute atomic E-state index is 0.0977.